The third kappa shape index (κ3) is 3.15. The molecule has 0 aliphatic rings. The van der Waals surface area contributed by atoms with Gasteiger partial charge in [-0.2, -0.15) is 0 Å². The van der Waals surface area contributed by atoms with Crippen LogP contribution >= 0.6 is 0 Å². The molecular formula is C18H18O2. The van der Waals surface area contributed by atoms with Crippen LogP contribution in [0.3, 0.4) is 0 Å². The van der Waals surface area contributed by atoms with Crippen molar-refractivity contribution in [1.29, 1.82) is 0 Å². The number of benzene rings is 2. The first-order valence-electron chi connectivity index (χ1n) is 6.56. The van der Waals surface area contributed by atoms with Crippen molar-refractivity contribution < 1.29 is 9.90 Å². The first-order chi connectivity index (χ1) is 9.47. The van der Waals surface area contributed by atoms with Gasteiger partial charge in [0.2, 0.25) is 0 Å². The maximum absolute atomic E-state index is 10.7. The van der Waals surface area contributed by atoms with E-state index in [1.165, 1.54) is 22.8 Å². The largest absolute Gasteiger partial charge is 0.478 e. The number of carbonyl (C=O) groups is 1. The normalized spacial score (nSPS) is 11.4. The molecule has 0 bridgehead atoms. The maximum atomic E-state index is 10.7. The molecule has 2 aromatic rings. The number of carboxylic acid groups (broad SMARTS) is 1. The topological polar surface area (TPSA) is 37.3 Å². The van der Waals surface area contributed by atoms with Gasteiger partial charge in [-0.15, -0.1) is 0 Å². The minimum absolute atomic E-state index is 0.755. The third-order valence-electron chi connectivity index (χ3n) is 3.38. The first kappa shape index (κ1) is 14.1. The van der Waals surface area contributed by atoms with Crippen LogP contribution in [0, 0.1) is 13.8 Å². The van der Waals surface area contributed by atoms with Gasteiger partial charge < -0.3 is 5.11 Å². The van der Waals surface area contributed by atoms with Crippen LogP contribution in [0.4, 0.5) is 0 Å². The third-order valence-corrected chi connectivity index (χ3v) is 3.38. The van der Waals surface area contributed by atoms with E-state index in [0.29, 0.717) is 0 Å². The summed E-state index contributed by atoms with van der Waals surface area (Å²) in [6, 6.07) is 14.4. The van der Waals surface area contributed by atoms with Crippen LogP contribution in [0.1, 0.15) is 23.6 Å². The maximum Gasteiger partial charge on any atom is 0.328 e. The highest BCUT2D eigenvalue weighted by atomic mass is 16.4. The van der Waals surface area contributed by atoms with E-state index in [2.05, 4.69) is 32.0 Å². The molecule has 0 amide bonds. The van der Waals surface area contributed by atoms with Crippen LogP contribution < -0.4 is 0 Å². The molecule has 0 aliphatic carbocycles. The van der Waals surface area contributed by atoms with Crippen LogP contribution in [0.25, 0.3) is 16.7 Å². The standard InChI is InChI=1S/C18H18O2/c1-12-4-5-13(2)17(10-12)16-8-6-15(7-9-16)14(3)11-18(19)20/h4-11H,1-3H3,(H,19,20)/b14-11+. The van der Waals surface area contributed by atoms with E-state index >= 15 is 0 Å². The van der Waals surface area contributed by atoms with Crippen molar-refractivity contribution in [2.45, 2.75) is 20.8 Å². The Labute approximate surface area is 119 Å². The lowest BCUT2D eigenvalue weighted by molar-refractivity contribution is -0.131. The molecule has 0 heterocycles. The van der Waals surface area contributed by atoms with Crippen LogP contribution in [-0.2, 0) is 4.79 Å². The molecule has 0 radical (unpaired) electrons. The molecule has 2 aromatic carbocycles. The fourth-order valence-electron chi connectivity index (χ4n) is 2.23. The highest BCUT2D eigenvalue weighted by molar-refractivity contribution is 5.89. The average Bonchev–Trinajstić information content (AvgIpc) is 2.41. The van der Waals surface area contributed by atoms with Gasteiger partial charge in [-0.1, -0.05) is 48.0 Å². The predicted octanol–water partition coefficient (Wildman–Crippen LogP) is 4.46. The second-order valence-corrected chi connectivity index (χ2v) is 5.06. The molecule has 0 fully saturated rings. The van der Waals surface area contributed by atoms with E-state index in [9.17, 15) is 4.79 Å². The minimum atomic E-state index is -0.916. The molecule has 0 aliphatic heterocycles. The molecule has 0 saturated carbocycles. The number of aliphatic carboxylic acids is 1. The number of hydrogen-bond acceptors (Lipinski definition) is 1. The molecule has 102 valence electrons. The molecule has 0 unspecified atom stereocenters. The highest BCUT2D eigenvalue weighted by Gasteiger charge is 2.04. The van der Waals surface area contributed by atoms with Gasteiger partial charge in [0.1, 0.15) is 0 Å². The van der Waals surface area contributed by atoms with Gasteiger partial charge in [-0.3, -0.25) is 0 Å². The lowest BCUT2D eigenvalue weighted by Crippen LogP contribution is -1.90. The van der Waals surface area contributed by atoms with Gasteiger partial charge >= 0.3 is 5.97 Å². The second kappa shape index (κ2) is 5.74. The molecule has 20 heavy (non-hydrogen) atoms. The first-order valence-corrected chi connectivity index (χ1v) is 6.56. The van der Waals surface area contributed by atoms with E-state index in [4.69, 9.17) is 5.11 Å². The number of carboxylic acids is 1. The summed E-state index contributed by atoms with van der Waals surface area (Å²) in [6.07, 6.45) is 1.23. The van der Waals surface area contributed by atoms with Gasteiger partial charge in [0.25, 0.3) is 0 Å². The summed E-state index contributed by atoms with van der Waals surface area (Å²) in [4.78, 5) is 10.7. The Balaban J connectivity index is 2.38. The minimum Gasteiger partial charge on any atom is -0.478 e. The average molecular weight is 266 g/mol. The summed E-state index contributed by atoms with van der Waals surface area (Å²) in [7, 11) is 0. The number of hydrogen-bond donors (Lipinski definition) is 1. The van der Waals surface area contributed by atoms with E-state index in [1.807, 2.05) is 24.3 Å². The molecule has 0 spiro atoms. The van der Waals surface area contributed by atoms with Crippen molar-refractivity contribution in [3.05, 3.63) is 65.2 Å². The van der Waals surface area contributed by atoms with Gasteiger partial charge in [-0.25, -0.2) is 4.79 Å². The van der Waals surface area contributed by atoms with Crippen LogP contribution in [-0.4, -0.2) is 11.1 Å². The molecule has 0 saturated heterocycles. The Kier molecular flexibility index (Phi) is 4.04. The van der Waals surface area contributed by atoms with Crippen molar-refractivity contribution >= 4 is 11.5 Å². The van der Waals surface area contributed by atoms with Crippen LogP contribution in [0.2, 0.25) is 0 Å². The molecule has 2 heteroatoms. The van der Waals surface area contributed by atoms with E-state index in [0.717, 1.165) is 16.7 Å². The van der Waals surface area contributed by atoms with Gasteiger partial charge in [0, 0.05) is 6.08 Å². The van der Waals surface area contributed by atoms with Crippen LogP contribution in [0.15, 0.2) is 48.5 Å². The molecule has 0 atom stereocenters. The number of allylic oxidation sites excluding steroid dienone is 1. The molecule has 2 nitrogen and oxygen atoms in total. The summed E-state index contributed by atoms with van der Waals surface area (Å²) < 4.78 is 0. The Morgan fingerprint density at radius 1 is 1.05 bits per heavy atom. The number of aryl methyl sites for hydroxylation is 2. The van der Waals surface area contributed by atoms with Crippen molar-refractivity contribution in [3.8, 4) is 11.1 Å². The van der Waals surface area contributed by atoms with Gasteiger partial charge in [-0.05, 0) is 48.6 Å². The SMILES string of the molecule is C/C(=C\C(=O)O)c1ccc(-c2cc(C)ccc2C)cc1. The summed E-state index contributed by atoms with van der Waals surface area (Å²) in [5.74, 6) is -0.916. The zero-order valence-corrected chi connectivity index (χ0v) is 12.0. The van der Waals surface area contributed by atoms with Crippen molar-refractivity contribution in [2.75, 3.05) is 0 Å². The van der Waals surface area contributed by atoms with Crippen molar-refractivity contribution in [2.24, 2.45) is 0 Å². The Morgan fingerprint density at radius 2 is 1.70 bits per heavy atom. The Morgan fingerprint density at radius 3 is 2.30 bits per heavy atom. The lowest BCUT2D eigenvalue weighted by atomic mass is 9.96. The van der Waals surface area contributed by atoms with E-state index in [1.54, 1.807) is 6.92 Å². The molecule has 0 aromatic heterocycles. The Bertz CT molecular complexity index is 664. The van der Waals surface area contributed by atoms with E-state index < -0.39 is 5.97 Å². The lowest BCUT2D eigenvalue weighted by Gasteiger charge is -2.09. The van der Waals surface area contributed by atoms with Crippen molar-refractivity contribution in [1.82, 2.24) is 0 Å². The fraction of sp³-hybridized carbons (Fsp3) is 0.167. The summed E-state index contributed by atoms with van der Waals surface area (Å²) >= 11 is 0. The van der Waals surface area contributed by atoms with Gasteiger partial charge in [0.05, 0.1) is 0 Å². The quantitative estimate of drug-likeness (QED) is 0.833. The summed E-state index contributed by atoms with van der Waals surface area (Å²) in [5.41, 5.74) is 6.53. The summed E-state index contributed by atoms with van der Waals surface area (Å²) in [5, 5.41) is 8.77. The second-order valence-electron chi connectivity index (χ2n) is 5.06. The predicted molar refractivity (Wildman–Crippen MR) is 82.6 cm³/mol. The number of rotatable bonds is 3. The van der Waals surface area contributed by atoms with Crippen molar-refractivity contribution in [3.63, 3.8) is 0 Å². The summed E-state index contributed by atoms with van der Waals surface area (Å²) in [6.45, 7) is 5.98. The Hall–Kier alpha value is -2.35. The van der Waals surface area contributed by atoms with Crippen LogP contribution in [0.5, 0.6) is 0 Å². The van der Waals surface area contributed by atoms with E-state index in [-0.39, 0.29) is 0 Å². The molecule has 1 N–H and O–H groups in total. The zero-order chi connectivity index (χ0) is 14.7. The molecular weight excluding hydrogens is 248 g/mol. The highest BCUT2D eigenvalue weighted by Crippen LogP contribution is 2.26. The smallest absolute Gasteiger partial charge is 0.328 e. The molecule has 2 rings (SSSR count). The van der Waals surface area contributed by atoms with Gasteiger partial charge in [0.15, 0.2) is 0 Å². The monoisotopic (exact) mass is 266 g/mol. The fourth-order valence-corrected chi connectivity index (χ4v) is 2.23. The zero-order valence-electron chi connectivity index (χ0n) is 12.0.